The maximum Gasteiger partial charge on any atom is 0.0540 e. The maximum absolute atomic E-state index is 2.53. The summed E-state index contributed by atoms with van der Waals surface area (Å²) < 4.78 is 0. The first-order valence-electron chi connectivity index (χ1n) is 24.0. The quantitative estimate of drug-likeness (QED) is 0.155. The third-order valence-corrected chi connectivity index (χ3v) is 14.5. The van der Waals surface area contributed by atoms with Crippen LogP contribution >= 0.6 is 0 Å². The van der Waals surface area contributed by atoms with Crippen LogP contribution < -0.4 is 4.90 Å². The van der Waals surface area contributed by atoms with Gasteiger partial charge in [0.2, 0.25) is 0 Å². The van der Waals surface area contributed by atoms with Crippen molar-refractivity contribution in [3.63, 3.8) is 0 Å². The highest BCUT2D eigenvalue weighted by Gasteiger charge is 2.36. The number of nitrogens with zero attached hydrogens (tertiary/aromatic N) is 1. The third-order valence-electron chi connectivity index (χ3n) is 14.5. The van der Waals surface area contributed by atoms with Crippen molar-refractivity contribution in [1.82, 2.24) is 0 Å². The van der Waals surface area contributed by atoms with Gasteiger partial charge >= 0.3 is 0 Å². The zero-order valence-electron chi connectivity index (χ0n) is 40.5. The van der Waals surface area contributed by atoms with Crippen LogP contribution in [0.3, 0.4) is 0 Å². The largest absolute Gasteiger partial charge is 0.310 e. The van der Waals surface area contributed by atoms with Crippen LogP contribution in [-0.4, -0.2) is 0 Å². The van der Waals surface area contributed by atoms with E-state index in [2.05, 4.69) is 233 Å². The summed E-state index contributed by atoms with van der Waals surface area (Å²) >= 11 is 0. The SMILES string of the molecule is CC(C)(C)c1cc(-c2cccc(N(c3ccc4c(c3)C(C)(C)c3ccccc3-4)c3ccccc3-c3cccc(C4CCCCC4)c3)c2)cc(-c2cc(C(C)(C)C)cc(C(C)(C)C)c2)c1. The second-order valence-electron chi connectivity index (χ2n) is 22.6. The average molecular weight is 840 g/mol. The molecule has 0 saturated heterocycles. The van der Waals surface area contributed by atoms with Crippen molar-refractivity contribution in [2.45, 2.75) is 136 Å². The Kier molecular flexibility index (Phi) is 11.2. The number of fused-ring (bicyclic) bond motifs is 3. The summed E-state index contributed by atoms with van der Waals surface area (Å²) in [5.41, 5.74) is 22.0. The van der Waals surface area contributed by atoms with Crippen LogP contribution in [0.5, 0.6) is 0 Å². The van der Waals surface area contributed by atoms with Crippen molar-refractivity contribution in [2.24, 2.45) is 0 Å². The third kappa shape index (κ3) is 8.40. The fraction of sp³-hybridized carbons (Fsp3) is 0.333. The molecule has 64 heavy (non-hydrogen) atoms. The van der Waals surface area contributed by atoms with Crippen molar-refractivity contribution < 1.29 is 0 Å². The van der Waals surface area contributed by atoms with Gasteiger partial charge in [0.25, 0.3) is 0 Å². The van der Waals surface area contributed by atoms with Crippen LogP contribution in [0, 0.1) is 0 Å². The molecule has 1 fully saturated rings. The summed E-state index contributed by atoms with van der Waals surface area (Å²) in [7, 11) is 0. The first kappa shape index (κ1) is 43.6. The second kappa shape index (κ2) is 16.4. The molecule has 9 rings (SSSR count). The Labute approximate surface area is 385 Å². The summed E-state index contributed by atoms with van der Waals surface area (Å²) in [6, 6.07) is 58.7. The number of hydrogen-bond donors (Lipinski definition) is 0. The highest BCUT2D eigenvalue weighted by Crippen LogP contribution is 2.52. The van der Waals surface area contributed by atoms with E-state index in [1.54, 1.807) is 0 Å². The fourth-order valence-electron chi connectivity index (χ4n) is 10.4. The molecule has 0 amide bonds. The molecule has 0 heterocycles. The first-order chi connectivity index (χ1) is 30.4. The zero-order chi connectivity index (χ0) is 45.2. The molecule has 326 valence electrons. The van der Waals surface area contributed by atoms with Gasteiger partial charge in [-0.25, -0.2) is 0 Å². The fourth-order valence-corrected chi connectivity index (χ4v) is 10.4. The van der Waals surface area contributed by atoms with Gasteiger partial charge in [0.05, 0.1) is 5.69 Å². The number of benzene rings is 7. The minimum atomic E-state index is -0.121. The molecule has 1 nitrogen and oxygen atoms in total. The van der Waals surface area contributed by atoms with Gasteiger partial charge in [-0.1, -0.05) is 211 Å². The molecule has 0 spiro atoms. The Morgan fingerprint density at radius 1 is 0.406 bits per heavy atom. The Bertz CT molecular complexity index is 2810. The van der Waals surface area contributed by atoms with Crippen molar-refractivity contribution in [1.29, 1.82) is 0 Å². The number of hydrogen-bond acceptors (Lipinski definition) is 1. The van der Waals surface area contributed by atoms with E-state index in [1.807, 2.05) is 0 Å². The van der Waals surface area contributed by atoms with E-state index in [-0.39, 0.29) is 21.7 Å². The van der Waals surface area contributed by atoms with Gasteiger partial charge in [-0.05, 0) is 144 Å². The van der Waals surface area contributed by atoms with Gasteiger partial charge in [0.1, 0.15) is 0 Å². The van der Waals surface area contributed by atoms with Gasteiger partial charge in [-0.3, -0.25) is 0 Å². The molecule has 2 aliphatic rings. The summed E-state index contributed by atoms with van der Waals surface area (Å²) in [6.45, 7) is 25.8. The highest BCUT2D eigenvalue weighted by molar-refractivity contribution is 5.91. The van der Waals surface area contributed by atoms with Gasteiger partial charge in [0.15, 0.2) is 0 Å². The molecule has 0 aliphatic heterocycles. The molecule has 1 saturated carbocycles. The monoisotopic (exact) mass is 840 g/mol. The van der Waals surface area contributed by atoms with Gasteiger partial charge in [-0.15, -0.1) is 0 Å². The minimum Gasteiger partial charge on any atom is -0.310 e. The molecule has 0 atom stereocenters. The Morgan fingerprint density at radius 2 is 0.938 bits per heavy atom. The summed E-state index contributed by atoms with van der Waals surface area (Å²) in [5.74, 6) is 0.638. The molecular formula is C63H69N. The van der Waals surface area contributed by atoms with Crippen LogP contribution in [0.1, 0.15) is 148 Å². The van der Waals surface area contributed by atoms with Crippen molar-refractivity contribution in [2.75, 3.05) is 4.90 Å². The molecular weight excluding hydrogens is 771 g/mol. The normalized spacial score (nSPS) is 15.2. The lowest BCUT2D eigenvalue weighted by Gasteiger charge is -2.30. The summed E-state index contributed by atoms with van der Waals surface area (Å²) in [6.07, 6.45) is 6.59. The molecule has 7 aromatic rings. The van der Waals surface area contributed by atoms with Gasteiger partial charge in [-0.2, -0.15) is 0 Å². The van der Waals surface area contributed by atoms with E-state index in [0.717, 1.165) is 5.69 Å². The average Bonchev–Trinajstić information content (AvgIpc) is 3.51. The minimum absolute atomic E-state index is 0.0291. The molecule has 0 unspecified atom stereocenters. The van der Waals surface area contributed by atoms with Crippen LogP contribution in [0.2, 0.25) is 0 Å². The van der Waals surface area contributed by atoms with Crippen LogP contribution in [0.25, 0.3) is 44.5 Å². The van der Waals surface area contributed by atoms with E-state index < -0.39 is 0 Å². The zero-order valence-corrected chi connectivity index (χ0v) is 40.5. The molecule has 0 bridgehead atoms. The van der Waals surface area contributed by atoms with E-state index in [9.17, 15) is 0 Å². The Morgan fingerprint density at radius 3 is 1.61 bits per heavy atom. The smallest absolute Gasteiger partial charge is 0.0540 e. The predicted molar refractivity (Wildman–Crippen MR) is 277 cm³/mol. The van der Waals surface area contributed by atoms with Crippen LogP contribution in [-0.2, 0) is 21.7 Å². The van der Waals surface area contributed by atoms with Gasteiger partial charge in [0, 0.05) is 22.4 Å². The van der Waals surface area contributed by atoms with Crippen LogP contribution in [0.15, 0.2) is 152 Å². The maximum atomic E-state index is 2.53. The van der Waals surface area contributed by atoms with Crippen molar-refractivity contribution in [3.8, 4) is 44.5 Å². The Balaban J connectivity index is 1.23. The molecule has 0 aromatic heterocycles. The Hall–Kier alpha value is -5.66. The van der Waals surface area contributed by atoms with Crippen LogP contribution in [0.4, 0.5) is 17.1 Å². The van der Waals surface area contributed by atoms with Crippen molar-refractivity contribution in [3.05, 3.63) is 185 Å². The number of para-hydroxylation sites is 1. The standard InChI is InChI=1S/C63H69N/c1-60(2,3)49-35-46(34-47(36-49)48-37-50(61(4,5)6)40-51(38-48)62(7,8)9)44-24-20-26-52(39-44)64(53-31-32-56-55-28-15-17-29-57(55)63(10,11)58(56)41-53)59-30-18-16-27-54(59)45-25-19-23-43(33-45)42-21-13-12-14-22-42/h15-20,23-42H,12-14,21-22H2,1-11H3. The van der Waals surface area contributed by atoms with E-state index in [1.165, 1.54) is 121 Å². The molecule has 0 N–H and O–H groups in total. The molecule has 7 aromatic carbocycles. The van der Waals surface area contributed by atoms with Crippen molar-refractivity contribution >= 4 is 17.1 Å². The predicted octanol–water partition coefficient (Wildman–Crippen LogP) is 18.4. The summed E-state index contributed by atoms with van der Waals surface area (Å²) in [4.78, 5) is 2.53. The summed E-state index contributed by atoms with van der Waals surface area (Å²) in [5, 5.41) is 0. The first-order valence-corrected chi connectivity index (χ1v) is 24.0. The lowest BCUT2D eigenvalue weighted by Crippen LogP contribution is -2.17. The highest BCUT2D eigenvalue weighted by atomic mass is 15.1. The van der Waals surface area contributed by atoms with E-state index in [0.29, 0.717) is 5.92 Å². The molecule has 1 heteroatoms. The van der Waals surface area contributed by atoms with E-state index in [4.69, 9.17) is 0 Å². The lowest BCUT2D eigenvalue weighted by atomic mass is 9.78. The second-order valence-corrected chi connectivity index (χ2v) is 22.6. The number of anilines is 3. The molecule has 0 radical (unpaired) electrons. The van der Waals surface area contributed by atoms with E-state index >= 15 is 0 Å². The lowest BCUT2D eigenvalue weighted by molar-refractivity contribution is 0.444. The molecule has 2 aliphatic carbocycles. The topological polar surface area (TPSA) is 3.24 Å². The number of rotatable bonds is 7. The van der Waals surface area contributed by atoms with Gasteiger partial charge < -0.3 is 4.90 Å².